The van der Waals surface area contributed by atoms with E-state index < -0.39 is 17.2 Å². The fourth-order valence-electron chi connectivity index (χ4n) is 2.63. The molecule has 8 nitrogen and oxygen atoms in total. The summed E-state index contributed by atoms with van der Waals surface area (Å²) in [5.74, 6) is -0.349. The molecular weight excluding hydrogens is 336 g/mol. The normalized spacial score (nSPS) is 11.7. The Kier molecular flexibility index (Phi) is 4.57. The number of carboxylic acids is 1. The van der Waals surface area contributed by atoms with Crippen molar-refractivity contribution in [3.05, 3.63) is 56.7 Å². The lowest BCUT2D eigenvalue weighted by molar-refractivity contribution is -0.131. The maximum absolute atomic E-state index is 12.1. The molecule has 0 aliphatic carbocycles. The van der Waals surface area contributed by atoms with Crippen LogP contribution in [-0.4, -0.2) is 30.6 Å². The third-order valence-corrected chi connectivity index (χ3v) is 3.78. The van der Waals surface area contributed by atoms with Crippen molar-refractivity contribution < 1.29 is 9.90 Å². The van der Waals surface area contributed by atoms with Gasteiger partial charge < -0.3 is 10.1 Å². The molecule has 0 fully saturated rings. The number of imidazole rings is 1. The second kappa shape index (κ2) is 6.83. The number of nitrogens with zero attached hydrogens (tertiary/aromatic N) is 2. The number of aromatic nitrogens is 4. The molecule has 134 valence electrons. The Balaban J connectivity index is 2.06. The van der Waals surface area contributed by atoms with E-state index in [1.165, 1.54) is 10.6 Å². The molecule has 0 spiro atoms. The highest BCUT2D eigenvalue weighted by molar-refractivity contribution is 5.85. The van der Waals surface area contributed by atoms with Crippen LogP contribution in [0.25, 0.3) is 28.6 Å². The van der Waals surface area contributed by atoms with E-state index in [9.17, 15) is 14.4 Å². The van der Waals surface area contributed by atoms with E-state index >= 15 is 0 Å². The van der Waals surface area contributed by atoms with Crippen molar-refractivity contribution in [3.63, 3.8) is 0 Å². The minimum Gasteiger partial charge on any atom is -0.478 e. The predicted octanol–water partition coefficient (Wildman–Crippen LogP) is 1.83. The van der Waals surface area contributed by atoms with Crippen LogP contribution in [0.3, 0.4) is 0 Å². The Labute approximate surface area is 147 Å². The molecule has 0 amide bonds. The van der Waals surface area contributed by atoms with E-state index in [4.69, 9.17) is 5.11 Å². The van der Waals surface area contributed by atoms with Crippen LogP contribution in [0.2, 0.25) is 0 Å². The van der Waals surface area contributed by atoms with Crippen LogP contribution in [0, 0.1) is 5.92 Å². The van der Waals surface area contributed by atoms with Gasteiger partial charge in [-0.15, -0.1) is 0 Å². The summed E-state index contributed by atoms with van der Waals surface area (Å²) in [6, 6.07) is 7.01. The van der Waals surface area contributed by atoms with Crippen molar-refractivity contribution >= 4 is 23.2 Å². The SMILES string of the molecule is CC(C)Cn1c(=O)[nH]c(=O)c2[nH]c(-c3ccc(C=CC(=O)O)cc3)nc21. The van der Waals surface area contributed by atoms with Gasteiger partial charge in [0.2, 0.25) is 0 Å². The van der Waals surface area contributed by atoms with E-state index in [1.54, 1.807) is 24.3 Å². The molecule has 0 bridgehead atoms. The van der Waals surface area contributed by atoms with Crippen LogP contribution in [0.1, 0.15) is 19.4 Å². The smallest absolute Gasteiger partial charge is 0.330 e. The molecule has 1 aromatic carbocycles. The van der Waals surface area contributed by atoms with Gasteiger partial charge in [-0.2, -0.15) is 0 Å². The molecular formula is C18H18N4O4. The molecule has 3 rings (SSSR count). The second-order valence-corrected chi connectivity index (χ2v) is 6.34. The number of hydrogen-bond acceptors (Lipinski definition) is 4. The Morgan fingerprint density at radius 2 is 1.92 bits per heavy atom. The fourth-order valence-corrected chi connectivity index (χ4v) is 2.63. The lowest BCUT2D eigenvalue weighted by Gasteiger charge is -2.07. The zero-order valence-corrected chi connectivity index (χ0v) is 14.3. The van der Waals surface area contributed by atoms with Crippen LogP contribution in [0.4, 0.5) is 0 Å². The van der Waals surface area contributed by atoms with E-state index in [-0.39, 0.29) is 11.4 Å². The van der Waals surface area contributed by atoms with Crippen molar-refractivity contribution in [2.75, 3.05) is 0 Å². The standard InChI is InChI=1S/C18H18N4O4/c1-10(2)9-22-16-14(17(25)21-18(22)26)19-15(20-16)12-6-3-11(4-7-12)5-8-13(23)24/h3-8,10H,9H2,1-2H3,(H,19,20)(H,23,24)(H,21,25,26). The number of fused-ring (bicyclic) bond motifs is 1. The number of rotatable bonds is 5. The van der Waals surface area contributed by atoms with Gasteiger partial charge in [0.25, 0.3) is 5.56 Å². The van der Waals surface area contributed by atoms with Gasteiger partial charge in [-0.05, 0) is 17.6 Å². The minimum atomic E-state index is -1.02. The maximum atomic E-state index is 12.1. The van der Waals surface area contributed by atoms with Crippen molar-refractivity contribution in [2.24, 2.45) is 5.92 Å². The summed E-state index contributed by atoms with van der Waals surface area (Å²) in [6.45, 7) is 4.38. The molecule has 2 aromatic heterocycles. The van der Waals surface area contributed by atoms with Gasteiger partial charge in [0.15, 0.2) is 5.65 Å². The van der Waals surface area contributed by atoms with Crippen LogP contribution < -0.4 is 11.2 Å². The molecule has 26 heavy (non-hydrogen) atoms. The average molecular weight is 354 g/mol. The highest BCUT2D eigenvalue weighted by Gasteiger charge is 2.14. The highest BCUT2D eigenvalue weighted by Crippen LogP contribution is 2.19. The topological polar surface area (TPSA) is 121 Å². The molecule has 0 unspecified atom stereocenters. The molecule has 0 saturated carbocycles. The number of carbonyl (C=O) groups is 1. The first kappa shape index (κ1) is 17.4. The predicted molar refractivity (Wildman–Crippen MR) is 97.9 cm³/mol. The number of aromatic amines is 2. The number of carboxylic acid groups (broad SMARTS) is 1. The largest absolute Gasteiger partial charge is 0.478 e. The van der Waals surface area contributed by atoms with E-state index in [2.05, 4.69) is 15.0 Å². The van der Waals surface area contributed by atoms with Crippen molar-refractivity contribution in [1.82, 2.24) is 19.5 Å². The first-order chi connectivity index (χ1) is 12.3. The van der Waals surface area contributed by atoms with E-state index in [0.29, 0.717) is 18.0 Å². The molecule has 0 radical (unpaired) electrons. The summed E-state index contributed by atoms with van der Waals surface area (Å²) < 4.78 is 1.45. The van der Waals surface area contributed by atoms with Gasteiger partial charge in [0.05, 0.1) is 0 Å². The molecule has 0 aliphatic rings. The molecule has 3 aromatic rings. The van der Waals surface area contributed by atoms with E-state index in [1.807, 2.05) is 13.8 Å². The van der Waals surface area contributed by atoms with Crippen molar-refractivity contribution in [1.29, 1.82) is 0 Å². The molecule has 0 atom stereocenters. The number of nitrogens with one attached hydrogen (secondary N) is 2. The third-order valence-electron chi connectivity index (χ3n) is 3.78. The molecule has 8 heteroatoms. The molecule has 0 aliphatic heterocycles. The summed E-state index contributed by atoms with van der Waals surface area (Å²) in [4.78, 5) is 44.5. The van der Waals surface area contributed by atoms with Gasteiger partial charge in [0.1, 0.15) is 11.3 Å². The fraction of sp³-hybridized carbons (Fsp3) is 0.222. The van der Waals surface area contributed by atoms with Crippen LogP contribution in [-0.2, 0) is 11.3 Å². The van der Waals surface area contributed by atoms with Gasteiger partial charge in [-0.25, -0.2) is 14.6 Å². The van der Waals surface area contributed by atoms with Crippen LogP contribution in [0.15, 0.2) is 39.9 Å². The number of hydrogen-bond donors (Lipinski definition) is 3. The van der Waals surface area contributed by atoms with Crippen molar-refractivity contribution in [3.8, 4) is 11.4 Å². The summed E-state index contributed by atoms with van der Waals surface area (Å²) >= 11 is 0. The lowest BCUT2D eigenvalue weighted by Crippen LogP contribution is -2.31. The number of benzene rings is 1. The van der Waals surface area contributed by atoms with Gasteiger partial charge in [-0.3, -0.25) is 14.3 Å². The third kappa shape index (κ3) is 3.49. The Morgan fingerprint density at radius 3 is 2.54 bits per heavy atom. The minimum absolute atomic E-state index is 0.210. The zero-order valence-electron chi connectivity index (χ0n) is 14.3. The second-order valence-electron chi connectivity index (χ2n) is 6.34. The summed E-state index contributed by atoms with van der Waals surface area (Å²) in [5.41, 5.74) is 1.01. The van der Waals surface area contributed by atoms with Gasteiger partial charge in [0, 0.05) is 18.2 Å². The summed E-state index contributed by atoms with van der Waals surface area (Å²) in [7, 11) is 0. The van der Waals surface area contributed by atoms with Crippen LogP contribution >= 0.6 is 0 Å². The number of H-pyrrole nitrogens is 2. The molecule has 3 N–H and O–H groups in total. The van der Waals surface area contributed by atoms with Crippen molar-refractivity contribution in [2.45, 2.75) is 20.4 Å². The Bertz CT molecular complexity index is 1100. The molecule has 2 heterocycles. The first-order valence-electron chi connectivity index (χ1n) is 8.09. The highest BCUT2D eigenvalue weighted by atomic mass is 16.4. The molecule has 0 saturated heterocycles. The first-order valence-corrected chi connectivity index (χ1v) is 8.09. The quantitative estimate of drug-likeness (QED) is 0.604. The Morgan fingerprint density at radius 1 is 1.23 bits per heavy atom. The van der Waals surface area contributed by atoms with Crippen LogP contribution in [0.5, 0.6) is 0 Å². The Hall–Kier alpha value is -3.42. The number of aliphatic carboxylic acids is 1. The van der Waals surface area contributed by atoms with Gasteiger partial charge >= 0.3 is 11.7 Å². The van der Waals surface area contributed by atoms with Gasteiger partial charge in [-0.1, -0.05) is 38.1 Å². The lowest BCUT2D eigenvalue weighted by atomic mass is 10.1. The van der Waals surface area contributed by atoms with E-state index in [0.717, 1.165) is 17.2 Å². The summed E-state index contributed by atoms with van der Waals surface area (Å²) in [6.07, 6.45) is 2.54. The summed E-state index contributed by atoms with van der Waals surface area (Å²) in [5, 5.41) is 8.66. The average Bonchev–Trinajstić information content (AvgIpc) is 3.03. The maximum Gasteiger partial charge on any atom is 0.330 e. The monoisotopic (exact) mass is 354 g/mol. The zero-order chi connectivity index (χ0) is 18.8.